The third kappa shape index (κ3) is 1.98. The lowest BCUT2D eigenvalue weighted by molar-refractivity contribution is 0.685. The number of nitrogens with zero attached hydrogens (tertiary/aromatic N) is 1. The van der Waals surface area contributed by atoms with Gasteiger partial charge in [0.05, 0.1) is 5.52 Å². The van der Waals surface area contributed by atoms with Gasteiger partial charge in [-0.05, 0) is 41.6 Å². The maximum absolute atomic E-state index is 5.91. The molecule has 3 aromatic rings. The van der Waals surface area contributed by atoms with Gasteiger partial charge in [0.2, 0.25) is 0 Å². The second kappa shape index (κ2) is 4.60. The molecule has 2 aromatic carbocycles. The lowest BCUT2D eigenvalue weighted by Gasteiger charge is -2.11. The molecule has 0 amide bonds. The van der Waals surface area contributed by atoms with Crippen molar-refractivity contribution in [1.29, 1.82) is 0 Å². The van der Waals surface area contributed by atoms with Gasteiger partial charge in [-0.1, -0.05) is 24.3 Å². The second-order valence-corrected chi connectivity index (χ2v) is 6.68. The third-order valence-corrected chi connectivity index (χ3v) is 5.21. The van der Waals surface area contributed by atoms with Crippen LogP contribution in [0.2, 0.25) is 0 Å². The Bertz CT molecular complexity index is 751. The van der Waals surface area contributed by atoms with Gasteiger partial charge in [0.15, 0.2) is 0 Å². The summed E-state index contributed by atoms with van der Waals surface area (Å²) in [5.41, 5.74) is 9.47. The molecule has 4 rings (SSSR count). The van der Waals surface area contributed by atoms with Crippen LogP contribution in [0.4, 0.5) is 5.69 Å². The number of aromatic nitrogens is 1. The largest absolute Gasteiger partial charge is 0.399 e. The van der Waals surface area contributed by atoms with E-state index in [2.05, 4.69) is 53.2 Å². The monoisotopic (exact) mass is 280 g/mol. The number of fused-ring (bicyclic) bond motifs is 2. The standard InChI is InChI=1S/C17H16N2S/c18-14-6-5-12-7-8-19(16(12)10-14)11-15-9-13-3-1-2-4-17(13)20-15/h1-8,10,15H,9,11,18H2. The van der Waals surface area contributed by atoms with Crippen LogP contribution in [0.25, 0.3) is 10.9 Å². The first-order chi connectivity index (χ1) is 9.79. The first-order valence-corrected chi connectivity index (χ1v) is 7.76. The van der Waals surface area contributed by atoms with Crippen molar-refractivity contribution in [2.45, 2.75) is 23.1 Å². The van der Waals surface area contributed by atoms with Crippen LogP contribution >= 0.6 is 11.8 Å². The van der Waals surface area contributed by atoms with Crippen molar-refractivity contribution in [3.63, 3.8) is 0 Å². The van der Waals surface area contributed by atoms with E-state index in [1.807, 2.05) is 17.8 Å². The van der Waals surface area contributed by atoms with Crippen LogP contribution in [0.15, 0.2) is 59.6 Å². The fourth-order valence-corrected chi connectivity index (χ4v) is 4.25. The zero-order valence-electron chi connectivity index (χ0n) is 11.1. The number of thioether (sulfide) groups is 1. The second-order valence-electron chi connectivity index (χ2n) is 5.34. The molecule has 0 saturated carbocycles. The van der Waals surface area contributed by atoms with Crippen molar-refractivity contribution >= 4 is 28.4 Å². The normalized spacial score (nSPS) is 17.5. The van der Waals surface area contributed by atoms with Gasteiger partial charge in [0.1, 0.15) is 0 Å². The summed E-state index contributed by atoms with van der Waals surface area (Å²) in [6.07, 6.45) is 3.33. The summed E-state index contributed by atoms with van der Waals surface area (Å²) < 4.78 is 2.33. The molecule has 2 N–H and O–H groups in total. The number of rotatable bonds is 2. The first kappa shape index (κ1) is 11.9. The van der Waals surface area contributed by atoms with Gasteiger partial charge in [-0.3, -0.25) is 0 Å². The third-order valence-electron chi connectivity index (χ3n) is 3.91. The summed E-state index contributed by atoms with van der Waals surface area (Å²) in [4.78, 5) is 1.44. The average molecular weight is 280 g/mol. The maximum atomic E-state index is 5.91. The molecule has 1 aliphatic rings. The van der Waals surface area contributed by atoms with Gasteiger partial charge in [-0.25, -0.2) is 0 Å². The minimum Gasteiger partial charge on any atom is -0.399 e. The van der Waals surface area contributed by atoms with Crippen LogP contribution in [0.1, 0.15) is 5.56 Å². The molecular weight excluding hydrogens is 264 g/mol. The highest BCUT2D eigenvalue weighted by Gasteiger charge is 2.22. The molecule has 1 aliphatic heterocycles. The van der Waals surface area contributed by atoms with E-state index in [-0.39, 0.29) is 0 Å². The number of nitrogens with two attached hydrogens (primary N) is 1. The van der Waals surface area contributed by atoms with E-state index in [0.29, 0.717) is 5.25 Å². The Morgan fingerprint density at radius 1 is 1.15 bits per heavy atom. The first-order valence-electron chi connectivity index (χ1n) is 6.88. The fourth-order valence-electron chi connectivity index (χ4n) is 2.94. The average Bonchev–Trinajstić information content (AvgIpc) is 3.03. The molecule has 0 spiro atoms. The van der Waals surface area contributed by atoms with Gasteiger partial charge < -0.3 is 10.3 Å². The summed E-state index contributed by atoms with van der Waals surface area (Å²) in [7, 11) is 0. The van der Waals surface area contributed by atoms with E-state index in [1.165, 1.54) is 21.4 Å². The molecule has 0 bridgehead atoms. The number of hydrogen-bond acceptors (Lipinski definition) is 2. The summed E-state index contributed by atoms with van der Waals surface area (Å²) in [5, 5.41) is 1.88. The molecule has 0 radical (unpaired) electrons. The number of benzene rings is 2. The van der Waals surface area contributed by atoms with Crippen LogP contribution in [0.3, 0.4) is 0 Å². The van der Waals surface area contributed by atoms with Gasteiger partial charge >= 0.3 is 0 Å². The molecule has 2 nitrogen and oxygen atoms in total. The summed E-state index contributed by atoms with van der Waals surface area (Å²) in [6.45, 7) is 1.03. The molecule has 100 valence electrons. The van der Waals surface area contributed by atoms with E-state index >= 15 is 0 Å². The summed E-state index contributed by atoms with van der Waals surface area (Å²) in [6, 6.07) is 17.0. The molecule has 0 aliphatic carbocycles. The van der Waals surface area contributed by atoms with E-state index in [0.717, 1.165) is 18.7 Å². The Balaban J connectivity index is 1.62. The Hall–Kier alpha value is -1.87. The Morgan fingerprint density at radius 2 is 2.05 bits per heavy atom. The highest BCUT2D eigenvalue weighted by atomic mass is 32.2. The van der Waals surface area contributed by atoms with E-state index < -0.39 is 0 Å². The van der Waals surface area contributed by atoms with Crippen molar-refractivity contribution in [2.24, 2.45) is 0 Å². The molecule has 20 heavy (non-hydrogen) atoms. The van der Waals surface area contributed by atoms with Crippen molar-refractivity contribution in [2.75, 3.05) is 5.73 Å². The van der Waals surface area contributed by atoms with Crippen molar-refractivity contribution in [3.8, 4) is 0 Å². The molecule has 0 fully saturated rings. The van der Waals surface area contributed by atoms with E-state index in [4.69, 9.17) is 5.73 Å². The topological polar surface area (TPSA) is 30.9 Å². The predicted molar refractivity (Wildman–Crippen MR) is 86.1 cm³/mol. The van der Waals surface area contributed by atoms with Crippen molar-refractivity contribution in [1.82, 2.24) is 4.57 Å². The van der Waals surface area contributed by atoms with Crippen LogP contribution in [-0.2, 0) is 13.0 Å². The number of hydrogen-bond donors (Lipinski definition) is 1. The molecular formula is C17H16N2S. The highest BCUT2D eigenvalue weighted by molar-refractivity contribution is 8.00. The molecule has 1 atom stereocenters. The molecule has 0 saturated heterocycles. The van der Waals surface area contributed by atoms with E-state index in [9.17, 15) is 0 Å². The fraction of sp³-hybridized carbons (Fsp3) is 0.176. The lowest BCUT2D eigenvalue weighted by Crippen LogP contribution is -2.11. The minimum atomic E-state index is 0.615. The predicted octanol–water partition coefficient (Wildman–Crippen LogP) is 3.94. The zero-order chi connectivity index (χ0) is 13.5. The van der Waals surface area contributed by atoms with Crippen LogP contribution in [0, 0.1) is 0 Å². The molecule has 1 unspecified atom stereocenters. The molecule has 2 heterocycles. The van der Waals surface area contributed by atoms with Gasteiger partial charge in [-0.2, -0.15) is 0 Å². The maximum Gasteiger partial charge on any atom is 0.0501 e. The van der Waals surface area contributed by atoms with Crippen molar-refractivity contribution in [3.05, 3.63) is 60.3 Å². The Labute approximate surface area is 122 Å². The Morgan fingerprint density at radius 3 is 2.95 bits per heavy atom. The van der Waals surface area contributed by atoms with Gasteiger partial charge in [-0.15, -0.1) is 11.8 Å². The summed E-state index contributed by atoms with van der Waals surface area (Å²) in [5.74, 6) is 0. The molecule has 3 heteroatoms. The van der Waals surface area contributed by atoms with Crippen LogP contribution < -0.4 is 5.73 Å². The number of anilines is 1. The lowest BCUT2D eigenvalue weighted by atomic mass is 10.1. The zero-order valence-corrected chi connectivity index (χ0v) is 11.9. The van der Waals surface area contributed by atoms with Gasteiger partial charge in [0, 0.05) is 28.6 Å². The minimum absolute atomic E-state index is 0.615. The van der Waals surface area contributed by atoms with Crippen molar-refractivity contribution < 1.29 is 0 Å². The quantitative estimate of drug-likeness (QED) is 0.721. The molecule has 1 aromatic heterocycles. The SMILES string of the molecule is Nc1ccc2ccn(CC3Cc4ccccc4S3)c2c1. The number of nitrogen functional groups attached to an aromatic ring is 1. The van der Waals surface area contributed by atoms with Crippen LogP contribution in [0.5, 0.6) is 0 Å². The van der Waals surface area contributed by atoms with E-state index in [1.54, 1.807) is 0 Å². The highest BCUT2D eigenvalue weighted by Crippen LogP contribution is 2.37. The smallest absolute Gasteiger partial charge is 0.0501 e. The van der Waals surface area contributed by atoms with Gasteiger partial charge in [0.25, 0.3) is 0 Å². The van der Waals surface area contributed by atoms with Crippen LogP contribution in [-0.4, -0.2) is 9.82 Å². The Kier molecular flexibility index (Phi) is 2.74. The summed E-state index contributed by atoms with van der Waals surface area (Å²) >= 11 is 2.00.